The molecule has 0 heterocycles. The molecule has 1 aromatic rings. The third-order valence-corrected chi connectivity index (χ3v) is 3.66. The molecule has 0 amide bonds. The number of nitrogens with one attached hydrogen (secondary N) is 1. The van der Waals surface area contributed by atoms with Gasteiger partial charge in [-0.3, -0.25) is 10.1 Å². The first-order valence-corrected chi connectivity index (χ1v) is 7.14. The molecule has 0 saturated heterocycles. The smallest absolute Gasteiger partial charge is 0.327 e. The molecule has 0 spiro atoms. The molecule has 1 aliphatic carbocycles. The molecule has 1 unspecified atom stereocenters. The molecule has 2 N–H and O–H groups in total. The summed E-state index contributed by atoms with van der Waals surface area (Å²) in [6.07, 6.45) is 1.90. The SMILES string of the molecule is Cc1cccc(OCC(NC(C)C)(C(=O)O)C2CC2)c1. The maximum atomic E-state index is 11.8. The molecule has 1 saturated carbocycles. The highest BCUT2D eigenvalue weighted by Crippen LogP contribution is 2.40. The minimum atomic E-state index is -0.974. The summed E-state index contributed by atoms with van der Waals surface area (Å²) in [6, 6.07) is 7.80. The fraction of sp³-hybridized carbons (Fsp3) is 0.562. The van der Waals surface area contributed by atoms with E-state index >= 15 is 0 Å². The molecule has 1 fully saturated rings. The Hall–Kier alpha value is -1.55. The van der Waals surface area contributed by atoms with Gasteiger partial charge in [-0.2, -0.15) is 0 Å². The number of hydrogen-bond donors (Lipinski definition) is 2. The number of carboxylic acid groups (broad SMARTS) is 1. The van der Waals surface area contributed by atoms with Crippen molar-refractivity contribution in [2.24, 2.45) is 5.92 Å². The van der Waals surface area contributed by atoms with Gasteiger partial charge in [0.15, 0.2) is 5.54 Å². The zero-order valence-corrected chi connectivity index (χ0v) is 12.3. The van der Waals surface area contributed by atoms with E-state index in [-0.39, 0.29) is 18.6 Å². The van der Waals surface area contributed by atoms with Crippen LogP contribution in [-0.2, 0) is 4.79 Å². The van der Waals surface area contributed by atoms with Gasteiger partial charge in [-0.15, -0.1) is 0 Å². The predicted molar refractivity (Wildman–Crippen MR) is 78.0 cm³/mol. The van der Waals surface area contributed by atoms with Crippen LogP contribution in [0.3, 0.4) is 0 Å². The lowest BCUT2D eigenvalue weighted by molar-refractivity contribution is -0.148. The van der Waals surface area contributed by atoms with Crippen LogP contribution in [-0.4, -0.2) is 29.3 Å². The standard InChI is InChI=1S/C16H23NO3/c1-11(2)17-16(15(18)19,13-7-8-13)10-20-14-6-4-5-12(3)9-14/h4-6,9,11,13,17H,7-8,10H2,1-3H3,(H,18,19). The number of benzene rings is 1. The van der Waals surface area contributed by atoms with Gasteiger partial charge >= 0.3 is 5.97 Å². The molecule has 110 valence electrons. The van der Waals surface area contributed by atoms with E-state index in [0.717, 1.165) is 24.2 Å². The van der Waals surface area contributed by atoms with Crippen molar-refractivity contribution in [3.63, 3.8) is 0 Å². The second kappa shape index (κ2) is 5.83. The third kappa shape index (κ3) is 3.31. The van der Waals surface area contributed by atoms with Crippen molar-refractivity contribution in [1.29, 1.82) is 0 Å². The summed E-state index contributed by atoms with van der Waals surface area (Å²) >= 11 is 0. The first-order chi connectivity index (χ1) is 9.44. The molecule has 1 atom stereocenters. The van der Waals surface area contributed by atoms with Crippen LogP contribution in [0.5, 0.6) is 5.75 Å². The van der Waals surface area contributed by atoms with Crippen LogP contribution in [0.4, 0.5) is 0 Å². The number of aliphatic carboxylic acids is 1. The molecular weight excluding hydrogens is 254 g/mol. The Morgan fingerprint density at radius 2 is 2.20 bits per heavy atom. The number of carboxylic acids is 1. The van der Waals surface area contributed by atoms with Crippen molar-refractivity contribution in [3.8, 4) is 5.75 Å². The maximum absolute atomic E-state index is 11.8. The number of aryl methyl sites for hydroxylation is 1. The molecule has 20 heavy (non-hydrogen) atoms. The van der Waals surface area contributed by atoms with Gasteiger partial charge in [0, 0.05) is 6.04 Å². The normalized spacial score (nSPS) is 17.8. The highest BCUT2D eigenvalue weighted by atomic mass is 16.5. The zero-order chi connectivity index (χ0) is 14.8. The van der Waals surface area contributed by atoms with E-state index in [9.17, 15) is 9.90 Å². The van der Waals surface area contributed by atoms with Crippen molar-refractivity contribution < 1.29 is 14.6 Å². The summed E-state index contributed by atoms with van der Waals surface area (Å²) in [7, 11) is 0. The lowest BCUT2D eigenvalue weighted by atomic mass is 9.93. The van der Waals surface area contributed by atoms with Crippen LogP contribution in [0.2, 0.25) is 0 Å². The van der Waals surface area contributed by atoms with Gasteiger partial charge in [-0.05, 0) is 57.2 Å². The highest BCUT2D eigenvalue weighted by Gasteiger charge is 2.52. The van der Waals surface area contributed by atoms with E-state index in [4.69, 9.17) is 4.74 Å². The Morgan fingerprint density at radius 1 is 1.50 bits per heavy atom. The van der Waals surface area contributed by atoms with Crippen LogP contribution in [0.1, 0.15) is 32.3 Å². The monoisotopic (exact) mass is 277 g/mol. The summed E-state index contributed by atoms with van der Waals surface area (Å²) < 4.78 is 5.77. The quantitative estimate of drug-likeness (QED) is 0.804. The molecule has 0 aromatic heterocycles. The Labute approximate surface area is 120 Å². The summed E-state index contributed by atoms with van der Waals surface area (Å²) in [6.45, 7) is 6.08. The summed E-state index contributed by atoms with van der Waals surface area (Å²) in [4.78, 5) is 11.8. The number of ether oxygens (including phenoxy) is 1. The lowest BCUT2D eigenvalue weighted by Gasteiger charge is -2.32. The molecular formula is C16H23NO3. The van der Waals surface area contributed by atoms with Crippen LogP contribution >= 0.6 is 0 Å². The first-order valence-electron chi connectivity index (χ1n) is 7.14. The van der Waals surface area contributed by atoms with E-state index in [2.05, 4.69) is 5.32 Å². The lowest BCUT2D eigenvalue weighted by Crippen LogP contribution is -2.60. The fourth-order valence-electron chi connectivity index (χ4n) is 2.57. The van der Waals surface area contributed by atoms with Crippen molar-refractivity contribution in [3.05, 3.63) is 29.8 Å². The van der Waals surface area contributed by atoms with E-state index in [1.165, 1.54) is 0 Å². The van der Waals surface area contributed by atoms with Crippen LogP contribution < -0.4 is 10.1 Å². The predicted octanol–water partition coefficient (Wildman–Crippen LogP) is 2.61. The molecule has 0 bridgehead atoms. The second-order valence-corrected chi connectivity index (χ2v) is 5.95. The van der Waals surface area contributed by atoms with Gasteiger partial charge in [-0.25, -0.2) is 0 Å². The first kappa shape index (κ1) is 14.9. The minimum Gasteiger partial charge on any atom is -0.491 e. The van der Waals surface area contributed by atoms with Gasteiger partial charge in [0.25, 0.3) is 0 Å². The molecule has 4 heteroatoms. The van der Waals surface area contributed by atoms with Gasteiger partial charge in [0.05, 0.1) is 0 Å². The van der Waals surface area contributed by atoms with E-state index in [0.29, 0.717) is 0 Å². The summed E-state index contributed by atoms with van der Waals surface area (Å²) in [5.41, 5.74) is 0.129. The van der Waals surface area contributed by atoms with E-state index in [1.54, 1.807) is 0 Å². The Bertz CT molecular complexity index is 482. The van der Waals surface area contributed by atoms with Gasteiger partial charge < -0.3 is 9.84 Å². The second-order valence-electron chi connectivity index (χ2n) is 5.95. The zero-order valence-electron chi connectivity index (χ0n) is 12.3. The van der Waals surface area contributed by atoms with E-state index in [1.807, 2.05) is 45.0 Å². The van der Waals surface area contributed by atoms with Crippen molar-refractivity contribution in [2.45, 2.75) is 45.2 Å². The topological polar surface area (TPSA) is 58.6 Å². The average molecular weight is 277 g/mol. The van der Waals surface area contributed by atoms with Crippen LogP contribution in [0, 0.1) is 12.8 Å². The Balaban J connectivity index is 2.13. The molecule has 1 aliphatic rings. The van der Waals surface area contributed by atoms with Gasteiger partial charge in [0.1, 0.15) is 12.4 Å². The number of carbonyl (C=O) groups is 1. The molecule has 4 nitrogen and oxygen atoms in total. The maximum Gasteiger partial charge on any atom is 0.327 e. The molecule has 2 rings (SSSR count). The minimum absolute atomic E-state index is 0.104. The molecule has 0 radical (unpaired) electrons. The molecule has 0 aliphatic heterocycles. The number of hydrogen-bond acceptors (Lipinski definition) is 3. The highest BCUT2D eigenvalue weighted by molar-refractivity contribution is 5.80. The van der Waals surface area contributed by atoms with E-state index < -0.39 is 11.5 Å². The Kier molecular flexibility index (Phi) is 4.33. The number of rotatable bonds is 7. The van der Waals surface area contributed by atoms with Gasteiger partial charge in [-0.1, -0.05) is 12.1 Å². The van der Waals surface area contributed by atoms with Crippen molar-refractivity contribution in [2.75, 3.05) is 6.61 Å². The molecule has 1 aromatic carbocycles. The third-order valence-electron chi connectivity index (χ3n) is 3.66. The Morgan fingerprint density at radius 3 is 2.70 bits per heavy atom. The van der Waals surface area contributed by atoms with Gasteiger partial charge in [0.2, 0.25) is 0 Å². The van der Waals surface area contributed by atoms with Crippen LogP contribution in [0.15, 0.2) is 24.3 Å². The van der Waals surface area contributed by atoms with Crippen LogP contribution in [0.25, 0.3) is 0 Å². The van der Waals surface area contributed by atoms with Crippen molar-refractivity contribution in [1.82, 2.24) is 5.32 Å². The van der Waals surface area contributed by atoms with Crippen molar-refractivity contribution >= 4 is 5.97 Å². The average Bonchev–Trinajstić information content (AvgIpc) is 3.18. The summed E-state index contributed by atoms with van der Waals surface area (Å²) in [5.74, 6) is 0.0652. The largest absolute Gasteiger partial charge is 0.491 e. The fourth-order valence-corrected chi connectivity index (χ4v) is 2.57. The summed E-state index contributed by atoms with van der Waals surface area (Å²) in [5, 5.41) is 12.9.